The third kappa shape index (κ3) is 6.44. The van der Waals surface area contributed by atoms with Gasteiger partial charge in [-0.05, 0) is 62.3 Å². The summed E-state index contributed by atoms with van der Waals surface area (Å²) in [5.74, 6) is -1.73. The van der Waals surface area contributed by atoms with Crippen molar-refractivity contribution in [3.05, 3.63) is 0 Å². The second-order valence-electron chi connectivity index (χ2n) is 10.2. The molecule has 162 valence electrons. The molecule has 0 spiro atoms. The zero-order valence-corrected chi connectivity index (χ0v) is 18.3. The number of ether oxygens (including phenoxy) is 4. The van der Waals surface area contributed by atoms with E-state index in [1.807, 2.05) is 0 Å². The zero-order chi connectivity index (χ0) is 22.1. The highest BCUT2D eigenvalue weighted by Gasteiger charge is 2.49. The van der Waals surface area contributed by atoms with Gasteiger partial charge in [0.05, 0.1) is 22.9 Å². The minimum atomic E-state index is -1.52. The van der Waals surface area contributed by atoms with E-state index in [2.05, 4.69) is 0 Å². The Kier molecular flexibility index (Phi) is 7.28. The van der Waals surface area contributed by atoms with Crippen LogP contribution in [0.4, 0.5) is 0 Å². The average molecular weight is 402 g/mol. The van der Waals surface area contributed by atoms with Crippen molar-refractivity contribution in [3.8, 4) is 0 Å². The monoisotopic (exact) mass is 402 g/mol. The first kappa shape index (κ1) is 24.4. The van der Waals surface area contributed by atoms with Gasteiger partial charge in [-0.3, -0.25) is 14.4 Å². The van der Waals surface area contributed by atoms with Crippen molar-refractivity contribution in [1.82, 2.24) is 0 Å². The van der Waals surface area contributed by atoms with Gasteiger partial charge in [-0.2, -0.15) is 0 Å². The summed E-state index contributed by atoms with van der Waals surface area (Å²) in [6.45, 7) is 14.8. The summed E-state index contributed by atoms with van der Waals surface area (Å²) in [4.78, 5) is 37.2. The average Bonchev–Trinajstić information content (AvgIpc) is 2.49. The van der Waals surface area contributed by atoms with Crippen molar-refractivity contribution in [2.24, 2.45) is 16.2 Å². The van der Waals surface area contributed by atoms with E-state index in [0.717, 1.165) is 0 Å². The molecule has 1 aliphatic heterocycles. The fourth-order valence-corrected chi connectivity index (χ4v) is 2.04. The molecule has 0 unspecified atom stereocenters. The predicted molar refractivity (Wildman–Crippen MR) is 100.0 cm³/mol. The Morgan fingerprint density at radius 3 is 1.46 bits per heavy atom. The Balaban J connectivity index is 3.18. The van der Waals surface area contributed by atoms with Crippen LogP contribution < -0.4 is 0 Å². The molecule has 8 heteroatoms. The maximum absolute atomic E-state index is 12.5. The number of esters is 3. The first-order valence-electron chi connectivity index (χ1n) is 9.37. The Morgan fingerprint density at radius 2 is 1.07 bits per heavy atom. The number of aliphatic hydroxyl groups is 1. The molecule has 4 atom stereocenters. The van der Waals surface area contributed by atoms with Gasteiger partial charge in [0.15, 0.2) is 24.6 Å². The lowest BCUT2D eigenvalue weighted by molar-refractivity contribution is -0.273. The van der Waals surface area contributed by atoms with Crippen molar-refractivity contribution in [2.75, 3.05) is 6.61 Å². The fourth-order valence-electron chi connectivity index (χ4n) is 2.04. The Hall–Kier alpha value is -1.67. The van der Waals surface area contributed by atoms with Crippen LogP contribution in [0.25, 0.3) is 0 Å². The number of hydrogen-bond acceptors (Lipinski definition) is 8. The van der Waals surface area contributed by atoms with Crippen LogP contribution in [0.1, 0.15) is 62.3 Å². The van der Waals surface area contributed by atoms with E-state index in [1.54, 1.807) is 62.3 Å². The van der Waals surface area contributed by atoms with E-state index in [1.165, 1.54) is 0 Å². The topological polar surface area (TPSA) is 108 Å². The number of carbonyl (C=O) groups is 3. The van der Waals surface area contributed by atoms with E-state index in [-0.39, 0.29) is 6.61 Å². The molecule has 0 radical (unpaired) electrons. The first-order chi connectivity index (χ1) is 12.4. The van der Waals surface area contributed by atoms with E-state index >= 15 is 0 Å². The Morgan fingerprint density at radius 1 is 0.714 bits per heavy atom. The number of hydrogen-bond donors (Lipinski definition) is 1. The first-order valence-corrected chi connectivity index (χ1v) is 9.37. The second-order valence-corrected chi connectivity index (χ2v) is 10.2. The van der Waals surface area contributed by atoms with Crippen molar-refractivity contribution in [2.45, 2.75) is 86.9 Å². The molecule has 8 nitrogen and oxygen atoms in total. The summed E-state index contributed by atoms with van der Waals surface area (Å²) in [6.07, 6.45) is -5.08. The highest BCUT2D eigenvalue weighted by Crippen LogP contribution is 2.29. The van der Waals surface area contributed by atoms with Crippen molar-refractivity contribution in [1.29, 1.82) is 0 Å². The lowest BCUT2D eigenvalue weighted by Crippen LogP contribution is -2.59. The van der Waals surface area contributed by atoms with E-state index in [9.17, 15) is 19.5 Å². The van der Waals surface area contributed by atoms with E-state index in [4.69, 9.17) is 18.9 Å². The zero-order valence-electron chi connectivity index (χ0n) is 18.3. The van der Waals surface area contributed by atoms with Gasteiger partial charge in [0.1, 0.15) is 0 Å². The fraction of sp³-hybridized carbons (Fsp3) is 0.850. The summed E-state index contributed by atoms with van der Waals surface area (Å²) in [5, 5.41) is 10.3. The molecule has 28 heavy (non-hydrogen) atoms. The third-order valence-corrected chi connectivity index (χ3v) is 3.98. The number of aliphatic hydroxyl groups excluding tert-OH is 1. The van der Waals surface area contributed by atoms with Crippen LogP contribution in [-0.2, 0) is 33.3 Å². The molecular weight excluding hydrogens is 368 g/mol. The van der Waals surface area contributed by atoms with E-state index < -0.39 is 58.8 Å². The summed E-state index contributed by atoms with van der Waals surface area (Å²) in [7, 11) is 0. The standard InChI is InChI=1S/C20H34O8/c1-18(2,3)15(22)26-11-10-25-14(21)13(28-17(24)20(7,8)9)12(11)27-16(23)19(4,5)6/h11-14,21H,10H2,1-9H3/t11-,12-,13+,14+/m0/s1. The summed E-state index contributed by atoms with van der Waals surface area (Å²) < 4.78 is 21.7. The number of carbonyl (C=O) groups excluding carboxylic acids is 3. The molecule has 1 heterocycles. The summed E-state index contributed by atoms with van der Waals surface area (Å²) in [6, 6.07) is 0. The quantitative estimate of drug-likeness (QED) is 0.565. The lowest BCUT2D eigenvalue weighted by atomic mass is 9.95. The van der Waals surface area contributed by atoms with Gasteiger partial charge in [-0.1, -0.05) is 0 Å². The molecule has 0 aliphatic carbocycles. The molecule has 0 aromatic heterocycles. The van der Waals surface area contributed by atoms with Gasteiger partial charge in [0.2, 0.25) is 0 Å². The highest BCUT2D eigenvalue weighted by atomic mass is 16.7. The predicted octanol–water partition coefficient (Wildman–Crippen LogP) is 2.21. The van der Waals surface area contributed by atoms with Crippen LogP contribution in [0, 0.1) is 16.2 Å². The SMILES string of the molecule is CC(C)(C)C(=O)O[C@@H]1[C@@H](OC(=O)C(C)(C)C)[C@@H](OC(=O)C(C)(C)C)CO[C@H]1O. The summed E-state index contributed by atoms with van der Waals surface area (Å²) in [5.41, 5.74) is -2.50. The smallest absolute Gasteiger partial charge is 0.311 e. The maximum atomic E-state index is 12.5. The molecule has 1 rings (SSSR count). The van der Waals surface area contributed by atoms with Gasteiger partial charge in [-0.15, -0.1) is 0 Å². The van der Waals surface area contributed by atoms with Gasteiger partial charge >= 0.3 is 17.9 Å². The van der Waals surface area contributed by atoms with Gasteiger partial charge in [0, 0.05) is 0 Å². The van der Waals surface area contributed by atoms with Crippen LogP contribution in [0.5, 0.6) is 0 Å². The molecule has 1 N–H and O–H groups in total. The molecule has 1 aliphatic rings. The van der Waals surface area contributed by atoms with Gasteiger partial charge in [0.25, 0.3) is 0 Å². The van der Waals surface area contributed by atoms with Crippen molar-refractivity contribution >= 4 is 17.9 Å². The third-order valence-electron chi connectivity index (χ3n) is 3.98. The molecule has 0 amide bonds. The van der Waals surface area contributed by atoms with E-state index in [0.29, 0.717) is 0 Å². The minimum absolute atomic E-state index is 0.200. The maximum Gasteiger partial charge on any atom is 0.311 e. The highest BCUT2D eigenvalue weighted by molar-refractivity contribution is 5.77. The van der Waals surface area contributed by atoms with Crippen LogP contribution in [-0.4, -0.2) is 54.2 Å². The second kappa shape index (κ2) is 8.37. The molecule has 0 saturated carbocycles. The Bertz CT molecular complexity index is 591. The van der Waals surface area contributed by atoms with Crippen LogP contribution in [0.15, 0.2) is 0 Å². The minimum Gasteiger partial charge on any atom is -0.455 e. The Labute approximate surface area is 166 Å². The van der Waals surface area contributed by atoms with Gasteiger partial charge < -0.3 is 24.1 Å². The molecule has 1 saturated heterocycles. The van der Waals surface area contributed by atoms with Crippen LogP contribution in [0.2, 0.25) is 0 Å². The van der Waals surface area contributed by atoms with Crippen LogP contribution in [0.3, 0.4) is 0 Å². The number of rotatable bonds is 3. The van der Waals surface area contributed by atoms with Gasteiger partial charge in [-0.25, -0.2) is 0 Å². The van der Waals surface area contributed by atoms with Crippen molar-refractivity contribution < 1.29 is 38.4 Å². The molecule has 0 aromatic rings. The molecule has 1 fully saturated rings. The lowest BCUT2D eigenvalue weighted by Gasteiger charge is -2.41. The largest absolute Gasteiger partial charge is 0.455 e. The van der Waals surface area contributed by atoms with Crippen LogP contribution >= 0.6 is 0 Å². The molecule has 0 bridgehead atoms. The summed E-state index contributed by atoms with van der Waals surface area (Å²) >= 11 is 0. The van der Waals surface area contributed by atoms with Crippen molar-refractivity contribution in [3.63, 3.8) is 0 Å². The molecular formula is C20H34O8. The molecule has 0 aromatic carbocycles. The normalized spacial score (nSPS) is 26.4.